The van der Waals surface area contributed by atoms with Crippen molar-refractivity contribution in [3.63, 3.8) is 0 Å². The first kappa shape index (κ1) is 14.8. The predicted octanol–water partition coefficient (Wildman–Crippen LogP) is 3.42. The van der Waals surface area contributed by atoms with E-state index in [9.17, 15) is 4.79 Å². The third kappa shape index (κ3) is 4.13. The molecular formula is C12H20INO2Si. The smallest absolute Gasteiger partial charge is 0.418 e. The molecule has 1 heterocycles. The number of carbonyl (C=O) groups is 1. The quantitative estimate of drug-likeness (QED) is 0.564. The summed E-state index contributed by atoms with van der Waals surface area (Å²) in [6.45, 7) is 12.4. The number of ether oxygens (including phenoxy) is 1. The maximum atomic E-state index is 11.9. The largest absolute Gasteiger partial charge is 0.443 e. The minimum atomic E-state index is -1.40. The van der Waals surface area contributed by atoms with Crippen molar-refractivity contribution in [1.29, 1.82) is 0 Å². The van der Waals surface area contributed by atoms with Crippen LogP contribution in [0.1, 0.15) is 20.8 Å². The second kappa shape index (κ2) is 4.76. The Bertz CT molecular complexity index is 427. The Labute approximate surface area is 118 Å². The highest BCUT2D eigenvalue weighted by Crippen LogP contribution is 2.13. The molecule has 0 amide bonds. The fourth-order valence-corrected chi connectivity index (χ4v) is 5.58. The van der Waals surface area contributed by atoms with Gasteiger partial charge in [-0.3, -0.25) is 4.57 Å². The minimum Gasteiger partial charge on any atom is -0.443 e. The Morgan fingerprint density at radius 1 is 1.29 bits per heavy atom. The van der Waals surface area contributed by atoms with E-state index in [0.717, 1.165) is 3.57 Å². The topological polar surface area (TPSA) is 31.2 Å². The molecule has 0 aromatic carbocycles. The van der Waals surface area contributed by atoms with Crippen LogP contribution < -0.4 is 5.19 Å². The van der Waals surface area contributed by atoms with Crippen LogP contribution in [0.25, 0.3) is 0 Å². The number of hydrogen-bond acceptors (Lipinski definition) is 2. The van der Waals surface area contributed by atoms with E-state index < -0.39 is 13.7 Å². The molecule has 0 unspecified atom stereocenters. The summed E-state index contributed by atoms with van der Waals surface area (Å²) >= 11 is 2.28. The Morgan fingerprint density at radius 2 is 1.82 bits per heavy atom. The molecule has 0 spiro atoms. The monoisotopic (exact) mass is 365 g/mol. The number of rotatable bonds is 1. The number of hydrogen-bond donors (Lipinski definition) is 0. The molecule has 0 saturated heterocycles. The molecule has 96 valence electrons. The van der Waals surface area contributed by atoms with Crippen molar-refractivity contribution in [3.05, 3.63) is 16.0 Å². The first-order chi connectivity index (χ1) is 7.50. The van der Waals surface area contributed by atoms with Crippen molar-refractivity contribution < 1.29 is 9.53 Å². The Balaban J connectivity index is 2.99. The van der Waals surface area contributed by atoms with Gasteiger partial charge in [0.25, 0.3) is 0 Å². The van der Waals surface area contributed by atoms with Gasteiger partial charge in [-0.2, -0.15) is 0 Å². The summed E-state index contributed by atoms with van der Waals surface area (Å²) in [5.41, 5.74) is -0.452. The first-order valence-corrected chi connectivity index (χ1v) is 10.2. The molecule has 0 fully saturated rings. The van der Waals surface area contributed by atoms with E-state index in [2.05, 4.69) is 42.2 Å². The fourth-order valence-electron chi connectivity index (χ4n) is 1.40. The summed E-state index contributed by atoms with van der Waals surface area (Å²) in [7, 11) is -1.40. The number of carbonyl (C=O) groups excluding carboxylic acids is 1. The Kier molecular flexibility index (Phi) is 4.13. The van der Waals surface area contributed by atoms with Crippen LogP contribution >= 0.6 is 22.6 Å². The zero-order valence-electron chi connectivity index (χ0n) is 11.3. The summed E-state index contributed by atoms with van der Waals surface area (Å²) in [5.74, 6) is 0. The van der Waals surface area contributed by atoms with E-state index >= 15 is 0 Å². The number of aromatic nitrogens is 1. The van der Waals surface area contributed by atoms with Crippen LogP contribution in [0.5, 0.6) is 0 Å². The molecule has 0 N–H and O–H groups in total. The zero-order valence-corrected chi connectivity index (χ0v) is 14.5. The van der Waals surface area contributed by atoms with Gasteiger partial charge < -0.3 is 4.74 Å². The highest BCUT2D eigenvalue weighted by Gasteiger charge is 2.24. The van der Waals surface area contributed by atoms with Crippen LogP contribution in [-0.4, -0.2) is 24.3 Å². The molecule has 0 saturated carbocycles. The van der Waals surface area contributed by atoms with Gasteiger partial charge in [-0.05, 0) is 48.5 Å². The van der Waals surface area contributed by atoms with Crippen molar-refractivity contribution in [2.45, 2.75) is 46.0 Å². The molecule has 0 atom stereocenters. The van der Waals surface area contributed by atoms with E-state index in [-0.39, 0.29) is 6.09 Å². The Hall–Kier alpha value is -0.303. The molecule has 0 radical (unpaired) electrons. The molecule has 1 rings (SSSR count). The van der Waals surface area contributed by atoms with E-state index in [4.69, 9.17) is 4.74 Å². The highest BCUT2D eigenvalue weighted by atomic mass is 127. The lowest BCUT2D eigenvalue weighted by molar-refractivity contribution is 0.0537. The van der Waals surface area contributed by atoms with Crippen LogP contribution in [0, 0.1) is 3.57 Å². The summed E-state index contributed by atoms with van der Waals surface area (Å²) < 4.78 is 8.04. The lowest BCUT2D eigenvalue weighted by Crippen LogP contribution is -2.38. The molecular weight excluding hydrogens is 345 g/mol. The third-order valence-corrected chi connectivity index (χ3v) is 5.57. The van der Waals surface area contributed by atoms with Crippen molar-refractivity contribution in [3.8, 4) is 0 Å². The maximum absolute atomic E-state index is 11.9. The lowest BCUT2D eigenvalue weighted by atomic mass is 10.2. The van der Waals surface area contributed by atoms with Gasteiger partial charge in [-0.25, -0.2) is 4.79 Å². The van der Waals surface area contributed by atoms with Crippen molar-refractivity contribution in [2.75, 3.05) is 0 Å². The molecule has 1 aromatic heterocycles. The lowest BCUT2D eigenvalue weighted by Gasteiger charge is -2.19. The van der Waals surface area contributed by atoms with Gasteiger partial charge in [0.05, 0.1) is 8.07 Å². The average molecular weight is 365 g/mol. The van der Waals surface area contributed by atoms with Gasteiger partial charge in [0.1, 0.15) is 5.60 Å². The number of halogens is 1. The Morgan fingerprint density at radius 3 is 2.18 bits per heavy atom. The van der Waals surface area contributed by atoms with Crippen molar-refractivity contribution >= 4 is 41.9 Å². The summed E-state index contributed by atoms with van der Waals surface area (Å²) in [6, 6.07) is 0. The van der Waals surface area contributed by atoms with E-state index in [1.165, 1.54) is 5.19 Å². The minimum absolute atomic E-state index is 0.306. The van der Waals surface area contributed by atoms with E-state index in [1.807, 2.05) is 33.2 Å². The standard InChI is InChI=1S/C12H20INO2Si/c1-12(2,3)16-11(15)14-7-9(13)10(8-14)17(4,5)6/h7-8H,1-6H3. The molecule has 0 bridgehead atoms. The van der Waals surface area contributed by atoms with Crippen LogP contribution in [0.4, 0.5) is 4.79 Å². The second-order valence-corrected chi connectivity index (χ2v) is 12.4. The highest BCUT2D eigenvalue weighted by molar-refractivity contribution is 14.1. The second-order valence-electron chi connectivity index (χ2n) is 6.16. The molecule has 1 aromatic rings. The molecule has 17 heavy (non-hydrogen) atoms. The zero-order chi connectivity index (χ0) is 13.4. The predicted molar refractivity (Wildman–Crippen MR) is 81.8 cm³/mol. The summed E-state index contributed by atoms with van der Waals surface area (Å²) in [6.07, 6.45) is 3.46. The maximum Gasteiger partial charge on any atom is 0.418 e. The molecule has 0 aliphatic heterocycles. The number of nitrogens with zero attached hydrogens (tertiary/aromatic N) is 1. The van der Waals surface area contributed by atoms with Gasteiger partial charge in [0.2, 0.25) is 0 Å². The van der Waals surface area contributed by atoms with Crippen molar-refractivity contribution in [2.24, 2.45) is 0 Å². The van der Waals surface area contributed by atoms with Gasteiger partial charge >= 0.3 is 6.09 Å². The first-order valence-electron chi connectivity index (χ1n) is 5.62. The van der Waals surface area contributed by atoms with Gasteiger partial charge in [0, 0.05) is 16.0 Å². The van der Waals surface area contributed by atoms with E-state index in [1.54, 1.807) is 4.57 Å². The summed E-state index contributed by atoms with van der Waals surface area (Å²) in [5, 5.41) is 1.30. The molecule has 3 nitrogen and oxygen atoms in total. The average Bonchev–Trinajstić information content (AvgIpc) is 2.42. The molecule has 5 heteroatoms. The van der Waals surface area contributed by atoms with Crippen LogP contribution in [-0.2, 0) is 4.74 Å². The fraction of sp³-hybridized carbons (Fsp3) is 0.583. The van der Waals surface area contributed by atoms with Gasteiger partial charge in [0.15, 0.2) is 0 Å². The summed E-state index contributed by atoms with van der Waals surface area (Å²) in [4.78, 5) is 11.9. The van der Waals surface area contributed by atoms with E-state index in [0.29, 0.717) is 0 Å². The molecule has 0 aliphatic carbocycles. The van der Waals surface area contributed by atoms with Crippen molar-refractivity contribution in [1.82, 2.24) is 4.57 Å². The SMILES string of the molecule is CC(C)(C)OC(=O)n1cc(I)c([Si](C)(C)C)c1. The van der Waals surface area contributed by atoms with Crippen LogP contribution in [0.15, 0.2) is 12.4 Å². The van der Waals surface area contributed by atoms with Crippen LogP contribution in [0.2, 0.25) is 19.6 Å². The molecule has 0 aliphatic rings. The van der Waals surface area contributed by atoms with Gasteiger partial charge in [-0.15, -0.1) is 0 Å². The van der Waals surface area contributed by atoms with Gasteiger partial charge in [-0.1, -0.05) is 19.6 Å². The van der Waals surface area contributed by atoms with Crippen LogP contribution in [0.3, 0.4) is 0 Å². The third-order valence-electron chi connectivity index (χ3n) is 2.19. The normalized spacial score (nSPS) is 12.6.